The zero-order valence-electron chi connectivity index (χ0n) is 26.8. The smallest absolute Gasteiger partial charge is 0.238 e. The van der Waals surface area contributed by atoms with E-state index in [-0.39, 0.29) is 0 Å². The minimum Gasteiger partial charge on any atom is -0.293 e. The van der Waals surface area contributed by atoms with E-state index in [0.717, 1.165) is 71.7 Å². The van der Waals surface area contributed by atoms with Crippen LogP contribution < -0.4 is 0 Å². The van der Waals surface area contributed by atoms with Crippen molar-refractivity contribution in [1.82, 2.24) is 29.1 Å². The molecule has 0 aliphatic rings. The second-order valence-electron chi connectivity index (χ2n) is 12.3. The summed E-state index contributed by atoms with van der Waals surface area (Å²) in [4.78, 5) is 20.3. The molecule has 0 N–H and O–H groups in total. The van der Waals surface area contributed by atoms with Crippen molar-refractivity contribution in [3.63, 3.8) is 0 Å². The van der Waals surface area contributed by atoms with Gasteiger partial charge >= 0.3 is 0 Å². The second-order valence-corrected chi connectivity index (χ2v) is 12.3. The molecule has 10 rings (SSSR count). The Morgan fingerprint density at radius 2 is 0.900 bits per heavy atom. The van der Waals surface area contributed by atoms with Crippen LogP contribution in [0.15, 0.2) is 170 Å². The maximum absolute atomic E-state index is 5.19. The van der Waals surface area contributed by atoms with Crippen LogP contribution in [0.2, 0.25) is 0 Å². The Morgan fingerprint density at radius 1 is 0.380 bits per heavy atom. The van der Waals surface area contributed by atoms with E-state index in [1.54, 1.807) is 0 Å². The molecular weight excluding hydrogens is 613 g/mol. The Bertz CT molecular complexity index is 2800. The highest BCUT2D eigenvalue weighted by molar-refractivity contribution is 6.18. The third-order valence-corrected chi connectivity index (χ3v) is 9.44. The summed E-state index contributed by atoms with van der Waals surface area (Å²) < 4.78 is 4.50. The maximum atomic E-state index is 5.19. The highest BCUT2D eigenvalue weighted by atomic mass is 15.2. The van der Waals surface area contributed by atoms with Gasteiger partial charge in [-0.05, 0) is 30.3 Å². The third-order valence-electron chi connectivity index (χ3n) is 9.44. The molecule has 0 aliphatic heterocycles. The first-order chi connectivity index (χ1) is 24.8. The predicted octanol–water partition coefficient (Wildman–Crippen LogP) is 10.5. The van der Waals surface area contributed by atoms with E-state index in [1.165, 1.54) is 0 Å². The van der Waals surface area contributed by atoms with Crippen molar-refractivity contribution < 1.29 is 0 Å². The van der Waals surface area contributed by atoms with Crippen molar-refractivity contribution in [2.45, 2.75) is 0 Å². The molecule has 50 heavy (non-hydrogen) atoms. The summed E-state index contributed by atoms with van der Waals surface area (Å²) in [6, 6.07) is 56.5. The van der Waals surface area contributed by atoms with Gasteiger partial charge < -0.3 is 0 Å². The molecule has 6 heteroatoms. The molecule has 0 amide bonds. The predicted molar refractivity (Wildman–Crippen MR) is 203 cm³/mol. The van der Waals surface area contributed by atoms with Gasteiger partial charge in [0.15, 0.2) is 11.6 Å². The Kier molecular flexibility index (Phi) is 6.39. The molecule has 0 spiro atoms. The van der Waals surface area contributed by atoms with Gasteiger partial charge in [0, 0.05) is 55.7 Å². The van der Waals surface area contributed by atoms with Crippen LogP contribution in [0.3, 0.4) is 0 Å². The SMILES string of the molecule is c1ccc(-c2nc(-c3ccccc3)nc(-n3c4ccccc4c4cccc(-c5cccc6c7cccnc7n(-c7ccccc7)c56)c43)n2)cc1. The lowest BCUT2D eigenvalue weighted by molar-refractivity contribution is 0.954. The Balaban J connectivity index is 1.34. The first kappa shape index (κ1) is 28.1. The average molecular weight is 641 g/mol. The van der Waals surface area contributed by atoms with Crippen molar-refractivity contribution in [3.05, 3.63) is 170 Å². The summed E-state index contributed by atoms with van der Waals surface area (Å²) >= 11 is 0. The van der Waals surface area contributed by atoms with Crippen LogP contribution in [0.25, 0.3) is 89.3 Å². The average Bonchev–Trinajstić information content (AvgIpc) is 3.72. The van der Waals surface area contributed by atoms with Gasteiger partial charge in [-0.1, -0.05) is 133 Å². The van der Waals surface area contributed by atoms with Crippen LogP contribution in [0.1, 0.15) is 0 Å². The van der Waals surface area contributed by atoms with Gasteiger partial charge in [0.1, 0.15) is 5.65 Å². The van der Waals surface area contributed by atoms with Crippen LogP contribution in [-0.2, 0) is 0 Å². The summed E-state index contributed by atoms with van der Waals surface area (Å²) in [5, 5.41) is 4.51. The number of hydrogen-bond acceptors (Lipinski definition) is 4. The van der Waals surface area contributed by atoms with E-state index in [4.69, 9.17) is 19.9 Å². The molecule has 0 atom stereocenters. The van der Waals surface area contributed by atoms with Crippen molar-refractivity contribution in [2.24, 2.45) is 0 Å². The van der Waals surface area contributed by atoms with E-state index < -0.39 is 0 Å². The van der Waals surface area contributed by atoms with Gasteiger partial charge in [0.25, 0.3) is 0 Å². The topological polar surface area (TPSA) is 61.4 Å². The zero-order chi connectivity index (χ0) is 33.0. The van der Waals surface area contributed by atoms with Crippen molar-refractivity contribution in [2.75, 3.05) is 0 Å². The number of rotatable bonds is 5. The minimum atomic E-state index is 0.564. The number of fused-ring (bicyclic) bond motifs is 6. The van der Waals surface area contributed by atoms with Crippen LogP contribution in [0, 0.1) is 0 Å². The summed E-state index contributed by atoms with van der Waals surface area (Å²) in [5.74, 6) is 1.80. The molecule has 0 fully saturated rings. The summed E-state index contributed by atoms with van der Waals surface area (Å²) in [7, 11) is 0. The van der Waals surface area contributed by atoms with Gasteiger partial charge in [-0.25, -0.2) is 9.97 Å². The number of benzene rings is 6. The second kappa shape index (κ2) is 11.4. The Hall–Kier alpha value is -6.92. The molecule has 10 aromatic rings. The highest BCUT2D eigenvalue weighted by Gasteiger charge is 2.23. The molecule has 0 radical (unpaired) electrons. The minimum absolute atomic E-state index is 0.564. The lowest BCUT2D eigenvalue weighted by atomic mass is 9.99. The van der Waals surface area contributed by atoms with Crippen LogP contribution in [-0.4, -0.2) is 29.1 Å². The van der Waals surface area contributed by atoms with Crippen LogP contribution in [0.5, 0.6) is 0 Å². The molecule has 0 saturated carbocycles. The third kappa shape index (κ3) is 4.36. The standard InChI is InChI=1S/C44H28N6/c1-4-15-29(16-5-1)41-46-42(30-17-6-2-7-18-30)48-44(47-41)50-38-27-11-10-21-32(38)33-22-12-24-35(40(33)50)34-23-13-25-36-37-26-14-28-45-43(37)49(39(34)36)31-19-8-3-9-20-31/h1-28H. The summed E-state index contributed by atoms with van der Waals surface area (Å²) in [5.41, 5.74) is 9.17. The van der Waals surface area contributed by atoms with Crippen LogP contribution in [0.4, 0.5) is 0 Å². The molecule has 6 nitrogen and oxygen atoms in total. The largest absolute Gasteiger partial charge is 0.293 e. The van der Waals surface area contributed by atoms with Gasteiger partial charge in [-0.3, -0.25) is 9.13 Å². The first-order valence-electron chi connectivity index (χ1n) is 16.7. The van der Waals surface area contributed by atoms with E-state index in [1.807, 2.05) is 79.0 Å². The number of hydrogen-bond donors (Lipinski definition) is 0. The molecule has 0 unspecified atom stereocenters. The summed E-state index contributed by atoms with van der Waals surface area (Å²) in [6.45, 7) is 0. The van der Waals surface area contributed by atoms with E-state index in [2.05, 4.69) is 100 Å². The number of aromatic nitrogens is 6. The zero-order valence-corrected chi connectivity index (χ0v) is 26.8. The molecule has 0 saturated heterocycles. The van der Waals surface area contributed by atoms with E-state index >= 15 is 0 Å². The van der Waals surface area contributed by atoms with Crippen LogP contribution >= 0.6 is 0 Å². The number of nitrogens with zero attached hydrogens (tertiary/aromatic N) is 6. The van der Waals surface area contributed by atoms with Gasteiger partial charge in [0.05, 0.1) is 16.6 Å². The van der Waals surface area contributed by atoms with Gasteiger partial charge in [-0.15, -0.1) is 0 Å². The molecule has 4 heterocycles. The fourth-order valence-electron chi connectivity index (χ4n) is 7.28. The Labute approximate surface area is 287 Å². The highest BCUT2D eigenvalue weighted by Crippen LogP contribution is 2.42. The molecule has 0 aliphatic carbocycles. The quantitative estimate of drug-likeness (QED) is 0.188. The fourth-order valence-corrected chi connectivity index (χ4v) is 7.28. The van der Waals surface area contributed by atoms with Crippen molar-refractivity contribution >= 4 is 43.7 Å². The van der Waals surface area contributed by atoms with Crippen molar-refractivity contribution in [3.8, 4) is 45.5 Å². The Morgan fingerprint density at radius 3 is 1.56 bits per heavy atom. The fraction of sp³-hybridized carbons (Fsp3) is 0. The van der Waals surface area contributed by atoms with Gasteiger partial charge in [0.2, 0.25) is 5.95 Å². The normalized spacial score (nSPS) is 11.6. The molecule has 234 valence electrons. The van der Waals surface area contributed by atoms with E-state index in [0.29, 0.717) is 17.6 Å². The van der Waals surface area contributed by atoms with E-state index in [9.17, 15) is 0 Å². The number of para-hydroxylation sites is 4. The summed E-state index contributed by atoms with van der Waals surface area (Å²) in [6.07, 6.45) is 1.87. The molecule has 4 aromatic heterocycles. The number of pyridine rings is 1. The lowest BCUT2D eigenvalue weighted by Gasteiger charge is -2.15. The molecule has 0 bridgehead atoms. The first-order valence-corrected chi connectivity index (χ1v) is 16.7. The molecular formula is C44H28N6. The van der Waals surface area contributed by atoms with Gasteiger partial charge in [-0.2, -0.15) is 9.97 Å². The van der Waals surface area contributed by atoms with Crippen molar-refractivity contribution in [1.29, 1.82) is 0 Å². The monoisotopic (exact) mass is 640 g/mol. The molecule has 6 aromatic carbocycles. The maximum Gasteiger partial charge on any atom is 0.238 e. The lowest BCUT2D eigenvalue weighted by Crippen LogP contribution is -2.07.